The van der Waals surface area contributed by atoms with Crippen molar-refractivity contribution in [2.45, 2.75) is 75.0 Å². The van der Waals surface area contributed by atoms with Gasteiger partial charge in [0.2, 0.25) is 0 Å². The first-order valence-electron chi connectivity index (χ1n) is 13.8. The van der Waals surface area contributed by atoms with Crippen LogP contribution >= 0.6 is 11.9 Å². The molecular formula is C27H37FN4O5S. The Kier molecular flexibility index (Phi) is 7.45. The SMILES string of the molecule is CC(C)(F)CN(CCCNC(=O)OC1CC2CCOC3OCC1C23)Sc1ccc2nc(NC3CC3)oc2c1. The van der Waals surface area contributed by atoms with Crippen molar-refractivity contribution in [3.8, 4) is 0 Å². The third-order valence-electron chi connectivity index (χ3n) is 7.75. The van der Waals surface area contributed by atoms with Crippen molar-refractivity contribution in [2.24, 2.45) is 17.8 Å². The van der Waals surface area contributed by atoms with Crippen molar-refractivity contribution in [1.29, 1.82) is 0 Å². The molecule has 1 aromatic heterocycles. The van der Waals surface area contributed by atoms with E-state index >= 15 is 0 Å². The van der Waals surface area contributed by atoms with Gasteiger partial charge in [-0.1, -0.05) is 0 Å². The highest BCUT2D eigenvalue weighted by Gasteiger charge is 2.55. The van der Waals surface area contributed by atoms with Crippen molar-refractivity contribution in [1.82, 2.24) is 14.6 Å². The molecule has 5 atom stereocenters. The number of benzene rings is 1. The predicted molar refractivity (Wildman–Crippen MR) is 142 cm³/mol. The van der Waals surface area contributed by atoms with E-state index in [1.807, 2.05) is 22.5 Å². The van der Waals surface area contributed by atoms with E-state index in [2.05, 4.69) is 15.6 Å². The van der Waals surface area contributed by atoms with Crippen LogP contribution < -0.4 is 10.6 Å². The largest absolute Gasteiger partial charge is 0.446 e. The number of alkyl carbamates (subject to hydrolysis) is 1. The number of carbonyl (C=O) groups excluding carboxylic acids is 1. The molecule has 2 aliphatic heterocycles. The molecule has 0 spiro atoms. The lowest BCUT2D eigenvalue weighted by Gasteiger charge is -2.29. The van der Waals surface area contributed by atoms with Gasteiger partial charge in [0.25, 0.3) is 6.01 Å². The van der Waals surface area contributed by atoms with Crippen LogP contribution in [0.3, 0.4) is 0 Å². The van der Waals surface area contributed by atoms with Gasteiger partial charge in [0.1, 0.15) is 17.3 Å². The maximum absolute atomic E-state index is 14.6. The number of nitrogens with zero attached hydrogens (tertiary/aromatic N) is 2. The molecule has 2 N–H and O–H groups in total. The molecule has 0 radical (unpaired) electrons. The zero-order chi connectivity index (χ0) is 26.3. The third kappa shape index (κ3) is 6.21. The monoisotopic (exact) mass is 548 g/mol. The van der Waals surface area contributed by atoms with Crippen LogP contribution in [0.4, 0.5) is 15.2 Å². The summed E-state index contributed by atoms with van der Waals surface area (Å²) in [5, 5.41) is 6.17. The van der Waals surface area contributed by atoms with Gasteiger partial charge in [-0.3, -0.25) is 0 Å². The second-order valence-corrected chi connectivity index (χ2v) is 12.7. The number of hydrogen-bond acceptors (Lipinski definition) is 9. The summed E-state index contributed by atoms with van der Waals surface area (Å²) >= 11 is 1.49. The number of rotatable bonds is 11. The van der Waals surface area contributed by atoms with Gasteiger partial charge in [0.05, 0.1) is 13.2 Å². The van der Waals surface area contributed by atoms with Crippen molar-refractivity contribution in [3.05, 3.63) is 18.2 Å². The Bertz CT molecular complexity index is 1140. The number of anilines is 1. The van der Waals surface area contributed by atoms with Crippen LogP contribution in [0.5, 0.6) is 0 Å². The van der Waals surface area contributed by atoms with E-state index < -0.39 is 11.8 Å². The third-order valence-corrected chi connectivity index (χ3v) is 8.79. The maximum Gasteiger partial charge on any atom is 0.407 e. The zero-order valence-corrected chi connectivity index (χ0v) is 22.8. The Morgan fingerprint density at radius 2 is 2.16 bits per heavy atom. The number of fused-ring (bicyclic) bond motifs is 1. The van der Waals surface area contributed by atoms with Crippen LogP contribution in [-0.4, -0.2) is 72.3 Å². The molecule has 9 nitrogen and oxygen atoms in total. The lowest BCUT2D eigenvalue weighted by molar-refractivity contribution is -0.164. The minimum Gasteiger partial charge on any atom is -0.446 e. The first kappa shape index (κ1) is 26.2. The van der Waals surface area contributed by atoms with E-state index in [0.717, 1.165) is 36.1 Å². The maximum atomic E-state index is 14.6. The molecule has 1 aromatic carbocycles. The first-order valence-corrected chi connectivity index (χ1v) is 14.5. The highest BCUT2D eigenvalue weighted by molar-refractivity contribution is 7.97. The Hall–Kier alpha value is -2.08. The van der Waals surface area contributed by atoms with Crippen LogP contribution in [0.25, 0.3) is 11.1 Å². The number of halogens is 1. The molecule has 4 fully saturated rings. The van der Waals surface area contributed by atoms with Gasteiger partial charge in [-0.05, 0) is 82.0 Å². The van der Waals surface area contributed by atoms with Crippen molar-refractivity contribution in [3.63, 3.8) is 0 Å². The Labute approximate surface area is 226 Å². The van der Waals surface area contributed by atoms with E-state index in [4.69, 9.17) is 18.6 Å². The number of oxazole rings is 1. The van der Waals surface area contributed by atoms with Crippen molar-refractivity contribution < 1.29 is 27.8 Å². The standard InChI is InChI=1S/C27H37FN4O5S/c1-27(2,28)15-32(38-18-6-7-20-22(13-18)36-25(31-20)30-17-4-5-17)10-3-9-29-26(33)37-21-12-16-8-11-34-24-23(16)19(21)14-35-24/h6-7,13,16-17,19,21,23-24H,3-5,8-12,14-15H2,1-2H3,(H,29,33)(H,30,31). The van der Waals surface area contributed by atoms with Crippen LogP contribution in [0.15, 0.2) is 27.5 Å². The van der Waals surface area contributed by atoms with Gasteiger partial charge < -0.3 is 29.3 Å². The highest BCUT2D eigenvalue weighted by Crippen LogP contribution is 2.50. The van der Waals surface area contributed by atoms with E-state index in [0.29, 0.717) is 62.2 Å². The minimum atomic E-state index is -1.36. The van der Waals surface area contributed by atoms with Gasteiger partial charge >= 0.3 is 6.09 Å². The quantitative estimate of drug-likeness (QED) is 0.298. The number of alkyl halides is 1. The first-order chi connectivity index (χ1) is 18.3. The molecule has 5 unspecified atom stereocenters. The molecule has 2 saturated carbocycles. The summed E-state index contributed by atoms with van der Waals surface area (Å²) in [7, 11) is 0. The summed E-state index contributed by atoms with van der Waals surface area (Å²) in [6.07, 6.45) is 4.19. The van der Waals surface area contributed by atoms with Crippen molar-refractivity contribution >= 4 is 35.2 Å². The zero-order valence-electron chi connectivity index (χ0n) is 22.0. The van der Waals surface area contributed by atoms with E-state index in [9.17, 15) is 9.18 Å². The number of aromatic nitrogens is 1. The number of amides is 1. The van der Waals surface area contributed by atoms with E-state index in [-0.39, 0.29) is 24.9 Å². The molecule has 3 heterocycles. The summed E-state index contributed by atoms with van der Waals surface area (Å²) in [5.74, 6) is 1.07. The highest BCUT2D eigenvalue weighted by atomic mass is 32.2. The smallest absolute Gasteiger partial charge is 0.407 e. The van der Waals surface area contributed by atoms with E-state index in [1.54, 1.807) is 13.8 Å². The molecule has 208 valence electrons. The van der Waals surface area contributed by atoms with Crippen LogP contribution in [-0.2, 0) is 14.2 Å². The Morgan fingerprint density at radius 3 is 2.97 bits per heavy atom. The fraction of sp³-hybridized carbons (Fsp3) is 0.704. The topological polar surface area (TPSA) is 98.1 Å². The average Bonchev–Trinajstić information content (AvgIpc) is 3.27. The summed E-state index contributed by atoms with van der Waals surface area (Å²) in [5.41, 5.74) is 0.145. The predicted octanol–water partition coefficient (Wildman–Crippen LogP) is 4.97. The number of carbonyl (C=O) groups is 1. The molecule has 6 rings (SSSR count). The molecular weight excluding hydrogens is 511 g/mol. The second kappa shape index (κ2) is 10.8. The normalized spacial score (nSPS) is 28.6. The summed E-state index contributed by atoms with van der Waals surface area (Å²) in [6, 6.07) is 6.87. The molecule has 1 amide bonds. The number of ether oxygens (including phenoxy) is 3. The molecule has 2 saturated heterocycles. The van der Waals surface area contributed by atoms with E-state index in [1.165, 1.54) is 11.9 Å². The number of nitrogens with one attached hydrogen (secondary N) is 2. The molecule has 2 aliphatic carbocycles. The minimum absolute atomic E-state index is 0.123. The summed E-state index contributed by atoms with van der Waals surface area (Å²) in [6.45, 7) is 5.76. The van der Waals surface area contributed by atoms with Gasteiger partial charge in [-0.2, -0.15) is 4.98 Å². The van der Waals surface area contributed by atoms with Crippen molar-refractivity contribution in [2.75, 3.05) is 38.2 Å². The number of hydrogen-bond donors (Lipinski definition) is 2. The van der Waals surface area contributed by atoms with Gasteiger partial charge in [-0.15, -0.1) is 0 Å². The van der Waals surface area contributed by atoms with Crippen LogP contribution in [0.1, 0.15) is 46.0 Å². The van der Waals surface area contributed by atoms with Crippen LogP contribution in [0, 0.1) is 17.8 Å². The molecule has 2 aromatic rings. The molecule has 38 heavy (non-hydrogen) atoms. The van der Waals surface area contributed by atoms with Gasteiger partial charge in [-0.25, -0.2) is 13.5 Å². The summed E-state index contributed by atoms with van der Waals surface area (Å²) in [4.78, 5) is 18.0. The molecule has 11 heteroatoms. The van der Waals surface area contributed by atoms with Gasteiger partial charge in [0, 0.05) is 42.4 Å². The lowest BCUT2D eigenvalue weighted by atomic mass is 9.87. The second-order valence-electron chi connectivity index (χ2n) is 11.6. The average molecular weight is 549 g/mol. The Morgan fingerprint density at radius 1 is 1.29 bits per heavy atom. The Balaban J connectivity index is 0.988. The van der Waals surface area contributed by atoms with Crippen LogP contribution in [0.2, 0.25) is 0 Å². The lowest BCUT2D eigenvalue weighted by Crippen LogP contribution is -2.35. The van der Waals surface area contributed by atoms with Gasteiger partial charge in [0.15, 0.2) is 11.9 Å². The molecule has 4 aliphatic rings. The summed E-state index contributed by atoms with van der Waals surface area (Å²) < 4.78 is 39.8. The fourth-order valence-electron chi connectivity index (χ4n) is 5.90. The molecule has 0 bridgehead atoms. The fourth-order valence-corrected chi connectivity index (χ4v) is 7.08.